The fourth-order valence-corrected chi connectivity index (χ4v) is 2.31. The van der Waals surface area contributed by atoms with Crippen molar-refractivity contribution in [1.29, 1.82) is 0 Å². The minimum absolute atomic E-state index is 0.697. The lowest BCUT2D eigenvalue weighted by molar-refractivity contribution is 1.45. The largest absolute Gasteiger partial charge is 0.397 e. The first-order valence-corrected chi connectivity index (χ1v) is 6.60. The van der Waals surface area contributed by atoms with Gasteiger partial charge in [0.15, 0.2) is 0 Å². The molecule has 0 saturated carbocycles. The molecule has 2 rings (SSSR count). The number of anilines is 3. The molecule has 17 heavy (non-hydrogen) atoms. The van der Waals surface area contributed by atoms with Crippen LogP contribution in [0.3, 0.4) is 0 Å². The first-order valence-electron chi connectivity index (χ1n) is 5.14. The third-order valence-corrected chi connectivity index (χ3v) is 3.39. The van der Waals surface area contributed by atoms with E-state index in [9.17, 15) is 0 Å². The van der Waals surface area contributed by atoms with Crippen molar-refractivity contribution < 1.29 is 0 Å². The van der Waals surface area contributed by atoms with E-state index < -0.39 is 0 Å². The van der Waals surface area contributed by atoms with Gasteiger partial charge in [-0.3, -0.25) is 0 Å². The summed E-state index contributed by atoms with van der Waals surface area (Å²) in [4.78, 5) is 0. The van der Waals surface area contributed by atoms with E-state index in [1.54, 1.807) is 0 Å². The van der Waals surface area contributed by atoms with E-state index >= 15 is 0 Å². The summed E-state index contributed by atoms with van der Waals surface area (Å²) in [6.07, 6.45) is 0. The summed E-state index contributed by atoms with van der Waals surface area (Å²) in [5, 5.41) is 3.93. The predicted octanol–water partition coefficient (Wildman–Crippen LogP) is 4.58. The van der Waals surface area contributed by atoms with Gasteiger partial charge < -0.3 is 11.1 Å². The third-order valence-electron chi connectivity index (χ3n) is 2.41. The van der Waals surface area contributed by atoms with E-state index in [0.717, 1.165) is 20.5 Å². The van der Waals surface area contributed by atoms with Crippen molar-refractivity contribution in [2.45, 2.75) is 6.92 Å². The SMILES string of the molecule is Cc1ccc(Nc2ccc(I)cc2N)c(Cl)c1. The van der Waals surface area contributed by atoms with Gasteiger partial charge in [0.2, 0.25) is 0 Å². The number of benzene rings is 2. The minimum Gasteiger partial charge on any atom is -0.397 e. The van der Waals surface area contributed by atoms with Crippen molar-refractivity contribution in [3.05, 3.63) is 50.6 Å². The Bertz CT molecular complexity index is 506. The lowest BCUT2D eigenvalue weighted by atomic mass is 10.2. The average molecular weight is 359 g/mol. The van der Waals surface area contributed by atoms with Gasteiger partial charge in [-0.2, -0.15) is 0 Å². The zero-order valence-electron chi connectivity index (χ0n) is 9.30. The number of aryl methyl sites for hydroxylation is 1. The monoisotopic (exact) mass is 358 g/mol. The number of halogens is 2. The molecule has 2 aromatic carbocycles. The molecule has 2 nitrogen and oxygen atoms in total. The number of nitrogens with one attached hydrogen (secondary N) is 1. The zero-order chi connectivity index (χ0) is 12.4. The van der Waals surface area contributed by atoms with Crippen molar-refractivity contribution in [2.24, 2.45) is 0 Å². The second-order valence-corrected chi connectivity index (χ2v) is 5.49. The molecule has 0 unspecified atom stereocenters. The smallest absolute Gasteiger partial charge is 0.0643 e. The number of nitrogens with two attached hydrogens (primary N) is 1. The van der Waals surface area contributed by atoms with E-state index in [0.29, 0.717) is 10.7 Å². The van der Waals surface area contributed by atoms with Crippen LogP contribution in [0, 0.1) is 10.5 Å². The molecule has 0 aliphatic rings. The first kappa shape index (κ1) is 12.5. The van der Waals surface area contributed by atoms with Crippen LogP contribution in [0.4, 0.5) is 17.1 Å². The molecule has 0 aromatic heterocycles. The Morgan fingerprint density at radius 2 is 1.82 bits per heavy atom. The lowest BCUT2D eigenvalue weighted by Gasteiger charge is -2.11. The van der Waals surface area contributed by atoms with Crippen LogP contribution in [0.15, 0.2) is 36.4 Å². The van der Waals surface area contributed by atoms with Crippen LogP contribution in [0.5, 0.6) is 0 Å². The lowest BCUT2D eigenvalue weighted by Crippen LogP contribution is -1.97. The minimum atomic E-state index is 0.697. The van der Waals surface area contributed by atoms with Crippen molar-refractivity contribution in [3.63, 3.8) is 0 Å². The van der Waals surface area contributed by atoms with Gasteiger partial charge in [-0.1, -0.05) is 17.7 Å². The average Bonchev–Trinajstić information content (AvgIpc) is 2.25. The molecule has 0 saturated heterocycles. The first-order chi connectivity index (χ1) is 8.06. The van der Waals surface area contributed by atoms with E-state index in [-0.39, 0.29) is 0 Å². The Labute approximate surface area is 119 Å². The summed E-state index contributed by atoms with van der Waals surface area (Å²) in [5.74, 6) is 0. The molecule has 88 valence electrons. The van der Waals surface area contributed by atoms with Gasteiger partial charge in [-0.25, -0.2) is 0 Å². The Hall–Kier alpha value is -0.940. The molecule has 0 heterocycles. The zero-order valence-corrected chi connectivity index (χ0v) is 12.2. The maximum absolute atomic E-state index is 6.16. The fraction of sp³-hybridized carbons (Fsp3) is 0.0769. The number of rotatable bonds is 2. The third kappa shape index (κ3) is 3.04. The van der Waals surface area contributed by atoms with E-state index in [1.165, 1.54) is 0 Å². The van der Waals surface area contributed by atoms with Crippen LogP contribution >= 0.6 is 34.2 Å². The van der Waals surface area contributed by atoms with Crippen LogP contribution in [-0.2, 0) is 0 Å². The van der Waals surface area contributed by atoms with Gasteiger partial charge in [-0.15, -0.1) is 0 Å². The standard InChI is InChI=1S/C13H12ClIN2/c1-8-2-4-12(10(14)6-8)17-13-5-3-9(15)7-11(13)16/h2-7,17H,16H2,1H3. The Morgan fingerprint density at radius 1 is 1.12 bits per heavy atom. The number of hydrogen-bond donors (Lipinski definition) is 2. The van der Waals surface area contributed by atoms with Crippen LogP contribution in [-0.4, -0.2) is 0 Å². The van der Waals surface area contributed by atoms with Gasteiger partial charge in [0.1, 0.15) is 0 Å². The quantitative estimate of drug-likeness (QED) is 0.609. The Kier molecular flexibility index (Phi) is 3.79. The molecule has 0 spiro atoms. The summed E-state index contributed by atoms with van der Waals surface area (Å²) < 4.78 is 1.11. The highest BCUT2D eigenvalue weighted by Gasteiger charge is 2.04. The normalized spacial score (nSPS) is 10.3. The van der Waals surface area contributed by atoms with Crippen molar-refractivity contribution in [2.75, 3.05) is 11.1 Å². The molecule has 4 heteroatoms. The maximum Gasteiger partial charge on any atom is 0.0643 e. The molecule has 3 N–H and O–H groups in total. The van der Waals surface area contributed by atoms with Crippen LogP contribution in [0.25, 0.3) is 0 Å². The Balaban J connectivity index is 2.31. The summed E-state index contributed by atoms with van der Waals surface area (Å²) in [6.45, 7) is 2.01. The molecule has 0 aliphatic heterocycles. The molecular weight excluding hydrogens is 347 g/mol. The van der Waals surface area contributed by atoms with Gasteiger partial charge >= 0.3 is 0 Å². The molecule has 2 aromatic rings. The molecule has 0 radical (unpaired) electrons. The molecule has 0 atom stereocenters. The highest BCUT2D eigenvalue weighted by atomic mass is 127. The topological polar surface area (TPSA) is 38.0 Å². The second kappa shape index (κ2) is 5.14. The van der Waals surface area contributed by atoms with Crippen LogP contribution in [0.2, 0.25) is 5.02 Å². The van der Waals surface area contributed by atoms with Crippen molar-refractivity contribution in [1.82, 2.24) is 0 Å². The van der Waals surface area contributed by atoms with Gasteiger partial charge in [-0.05, 0) is 65.4 Å². The Morgan fingerprint density at radius 3 is 2.47 bits per heavy atom. The summed E-state index contributed by atoms with van der Waals surface area (Å²) >= 11 is 8.39. The van der Waals surface area contributed by atoms with Crippen LogP contribution < -0.4 is 11.1 Å². The van der Waals surface area contributed by atoms with Gasteiger partial charge in [0.25, 0.3) is 0 Å². The molecule has 0 fully saturated rings. The highest BCUT2D eigenvalue weighted by molar-refractivity contribution is 14.1. The van der Waals surface area contributed by atoms with E-state index in [2.05, 4.69) is 27.9 Å². The summed E-state index contributed by atoms with van der Waals surface area (Å²) in [5.41, 5.74) is 9.53. The fourth-order valence-electron chi connectivity index (χ4n) is 1.51. The highest BCUT2D eigenvalue weighted by Crippen LogP contribution is 2.29. The van der Waals surface area contributed by atoms with Crippen molar-refractivity contribution >= 4 is 51.3 Å². The van der Waals surface area contributed by atoms with Gasteiger partial charge in [0.05, 0.1) is 22.1 Å². The maximum atomic E-state index is 6.16. The van der Waals surface area contributed by atoms with Crippen molar-refractivity contribution in [3.8, 4) is 0 Å². The number of nitrogen functional groups attached to an aromatic ring is 1. The van der Waals surface area contributed by atoms with Gasteiger partial charge in [0, 0.05) is 3.57 Å². The molecular formula is C13H12ClIN2. The number of hydrogen-bond acceptors (Lipinski definition) is 2. The van der Waals surface area contributed by atoms with Crippen LogP contribution in [0.1, 0.15) is 5.56 Å². The van der Waals surface area contributed by atoms with E-state index in [1.807, 2.05) is 43.3 Å². The predicted molar refractivity (Wildman–Crippen MR) is 83.0 cm³/mol. The summed E-state index contributed by atoms with van der Waals surface area (Å²) in [6, 6.07) is 11.8. The molecule has 0 amide bonds. The summed E-state index contributed by atoms with van der Waals surface area (Å²) in [7, 11) is 0. The molecule has 0 bridgehead atoms. The molecule has 0 aliphatic carbocycles. The second-order valence-electron chi connectivity index (χ2n) is 3.84. The van der Waals surface area contributed by atoms with E-state index in [4.69, 9.17) is 17.3 Å².